The molecule has 1 heterocycles. The largest absolute Gasteiger partial charge is 0.487 e. The molecule has 0 radical (unpaired) electrons. The third-order valence-electron chi connectivity index (χ3n) is 5.92. The van der Waals surface area contributed by atoms with Gasteiger partial charge in [0.05, 0.1) is 0 Å². The van der Waals surface area contributed by atoms with E-state index in [4.69, 9.17) is 16.3 Å². The molecule has 1 N–H and O–H groups in total. The van der Waals surface area contributed by atoms with Gasteiger partial charge in [0.15, 0.2) is 0 Å². The van der Waals surface area contributed by atoms with Crippen molar-refractivity contribution in [2.45, 2.75) is 31.8 Å². The summed E-state index contributed by atoms with van der Waals surface area (Å²) in [5, 5.41) is 9.93. The monoisotopic (exact) mass is 481 g/mol. The number of rotatable bonds is 8. The van der Waals surface area contributed by atoms with Crippen molar-refractivity contribution < 1.29 is 23.8 Å². The Balaban J connectivity index is 1.49. The van der Waals surface area contributed by atoms with E-state index in [1.807, 2.05) is 19.1 Å². The third kappa shape index (κ3) is 5.57. The van der Waals surface area contributed by atoms with Crippen molar-refractivity contribution in [3.8, 4) is 5.75 Å². The van der Waals surface area contributed by atoms with E-state index in [2.05, 4.69) is 0 Å². The summed E-state index contributed by atoms with van der Waals surface area (Å²) < 4.78 is 20.3. The quantitative estimate of drug-likeness (QED) is 0.481. The summed E-state index contributed by atoms with van der Waals surface area (Å²) in [5.74, 6) is -1.07. The van der Waals surface area contributed by atoms with Gasteiger partial charge in [-0.2, -0.15) is 0 Å². The average molecular weight is 482 g/mol. The van der Waals surface area contributed by atoms with Crippen LogP contribution in [0, 0.1) is 5.82 Å². The minimum Gasteiger partial charge on any atom is -0.487 e. The van der Waals surface area contributed by atoms with Gasteiger partial charge >= 0.3 is 5.97 Å². The maximum absolute atomic E-state index is 14.2. The van der Waals surface area contributed by atoms with E-state index >= 15 is 0 Å². The summed E-state index contributed by atoms with van der Waals surface area (Å²) >= 11 is 6.03. The van der Waals surface area contributed by atoms with Gasteiger partial charge in [0.25, 0.3) is 5.91 Å². The van der Waals surface area contributed by atoms with E-state index in [0.29, 0.717) is 41.2 Å². The molecule has 34 heavy (non-hydrogen) atoms. The lowest BCUT2D eigenvalue weighted by atomic mass is 9.91. The molecule has 1 aliphatic rings. The van der Waals surface area contributed by atoms with Gasteiger partial charge in [-0.05, 0) is 66.4 Å². The average Bonchev–Trinajstić information content (AvgIpc) is 3.12. The minimum atomic E-state index is -1.08. The zero-order valence-corrected chi connectivity index (χ0v) is 19.5. The van der Waals surface area contributed by atoms with Crippen LogP contribution in [0.4, 0.5) is 4.39 Å². The van der Waals surface area contributed by atoms with Gasteiger partial charge in [-0.1, -0.05) is 41.9 Å². The summed E-state index contributed by atoms with van der Waals surface area (Å²) in [4.78, 5) is 25.9. The van der Waals surface area contributed by atoms with Crippen LogP contribution >= 0.6 is 11.6 Å². The Morgan fingerprint density at radius 1 is 1.12 bits per heavy atom. The van der Waals surface area contributed by atoms with Gasteiger partial charge in [0.2, 0.25) is 0 Å². The highest BCUT2D eigenvalue weighted by Crippen LogP contribution is 2.38. The number of carbonyl (C=O) groups excluding carboxylic acids is 1. The lowest BCUT2D eigenvalue weighted by Gasteiger charge is -2.24. The molecule has 3 aromatic carbocycles. The number of hydrogen-bond acceptors (Lipinski definition) is 3. The Labute approximate surface area is 202 Å². The first-order chi connectivity index (χ1) is 16.2. The van der Waals surface area contributed by atoms with Crippen LogP contribution in [-0.2, 0) is 24.1 Å². The standard InChI is InChI=1S/C27H25ClFNO4/c1-27(15-20-6-2-3-8-23(20)29)16-21-14-19(9-10-24(21)34-27)26(33)30(17-25(31)32)12-11-18-5-4-7-22(28)13-18/h2-10,13-14H,11-12,15-17H2,1H3,(H,31,32)/t27-/m0/s1. The molecule has 1 aliphatic heterocycles. The van der Waals surface area contributed by atoms with Gasteiger partial charge in [-0.25, -0.2) is 4.39 Å². The molecule has 7 heteroatoms. The van der Waals surface area contributed by atoms with E-state index < -0.39 is 18.1 Å². The Kier molecular flexibility index (Phi) is 6.89. The Hall–Kier alpha value is -3.38. The number of carbonyl (C=O) groups is 2. The molecule has 0 unspecified atom stereocenters. The van der Waals surface area contributed by atoms with Crippen molar-refractivity contribution in [1.29, 1.82) is 0 Å². The van der Waals surface area contributed by atoms with E-state index in [9.17, 15) is 19.1 Å². The highest BCUT2D eigenvalue weighted by Gasteiger charge is 2.36. The third-order valence-corrected chi connectivity index (χ3v) is 6.16. The Morgan fingerprint density at radius 2 is 1.91 bits per heavy atom. The molecule has 3 aromatic rings. The normalized spacial score (nSPS) is 16.6. The first kappa shape index (κ1) is 23.8. The maximum atomic E-state index is 14.2. The number of nitrogens with zero attached hydrogens (tertiary/aromatic N) is 1. The molecule has 0 spiro atoms. The molecule has 0 saturated heterocycles. The van der Waals surface area contributed by atoms with Crippen LogP contribution in [0.3, 0.4) is 0 Å². The molecule has 5 nitrogen and oxygen atoms in total. The van der Waals surface area contributed by atoms with Crippen LogP contribution in [0.5, 0.6) is 5.75 Å². The molecule has 0 bridgehead atoms. The number of carboxylic acid groups (broad SMARTS) is 1. The van der Waals surface area contributed by atoms with Crippen LogP contribution in [0.25, 0.3) is 0 Å². The number of carboxylic acids is 1. The molecule has 0 aliphatic carbocycles. The van der Waals surface area contributed by atoms with Gasteiger partial charge in [-0.3, -0.25) is 9.59 Å². The van der Waals surface area contributed by atoms with Crippen LogP contribution < -0.4 is 4.74 Å². The fraction of sp³-hybridized carbons (Fsp3) is 0.259. The van der Waals surface area contributed by atoms with E-state index in [1.54, 1.807) is 48.5 Å². The maximum Gasteiger partial charge on any atom is 0.323 e. The summed E-state index contributed by atoms with van der Waals surface area (Å²) in [6, 6.07) is 19.0. The summed E-state index contributed by atoms with van der Waals surface area (Å²) in [5.41, 5.74) is 2.09. The van der Waals surface area contributed by atoms with Crippen LogP contribution in [-0.4, -0.2) is 40.6 Å². The van der Waals surface area contributed by atoms with E-state index in [0.717, 1.165) is 11.1 Å². The lowest BCUT2D eigenvalue weighted by molar-refractivity contribution is -0.137. The molecule has 4 rings (SSSR count). The minimum absolute atomic E-state index is 0.240. The van der Waals surface area contributed by atoms with Gasteiger partial charge in [0.1, 0.15) is 23.7 Å². The molecular weight excluding hydrogens is 457 g/mol. The van der Waals surface area contributed by atoms with Crippen molar-refractivity contribution in [3.63, 3.8) is 0 Å². The van der Waals surface area contributed by atoms with Crippen LogP contribution in [0.15, 0.2) is 66.7 Å². The highest BCUT2D eigenvalue weighted by molar-refractivity contribution is 6.30. The van der Waals surface area contributed by atoms with Crippen molar-refractivity contribution in [1.82, 2.24) is 4.90 Å². The van der Waals surface area contributed by atoms with E-state index in [1.165, 1.54) is 11.0 Å². The molecule has 0 fully saturated rings. The number of hydrogen-bond donors (Lipinski definition) is 1. The zero-order chi connectivity index (χ0) is 24.3. The van der Waals surface area contributed by atoms with Crippen LogP contribution in [0.1, 0.15) is 34.0 Å². The summed E-state index contributed by atoms with van der Waals surface area (Å²) in [7, 11) is 0. The fourth-order valence-electron chi connectivity index (χ4n) is 4.35. The SMILES string of the molecule is C[C@]1(Cc2ccccc2F)Cc2cc(C(=O)N(CCc3cccc(Cl)c3)CC(=O)O)ccc2O1. The first-order valence-corrected chi connectivity index (χ1v) is 11.4. The number of halogens is 2. The molecule has 1 atom stereocenters. The second kappa shape index (κ2) is 9.85. The second-order valence-electron chi connectivity index (χ2n) is 8.82. The van der Waals surface area contributed by atoms with Crippen molar-refractivity contribution >= 4 is 23.5 Å². The number of amides is 1. The lowest BCUT2D eigenvalue weighted by Crippen LogP contribution is -2.37. The second-order valence-corrected chi connectivity index (χ2v) is 9.26. The summed E-state index contributed by atoms with van der Waals surface area (Å²) in [6.07, 6.45) is 1.38. The predicted molar refractivity (Wildman–Crippen MR) is 128 cm³/mol. The number of benzene rings is 3. The number of ether oxygens (including phenoxy) is 1. The van der Waals surface area contributed by atoms with Gasteiger partial charge in [-0.15, -0.1) is 0 Å². The van der Waals surface area contributed by atoms with Crippen LogP contribution in [0.2, 0.25) is 5.02 Å². The smallest absolute Gasteiger partial charge is 0.323 e. The van der Waals surface area contributed by atoms with Gasteiger partial charge < -0.3 is 14.7 Å². The molecule has 1 amide bonds. The molecular formula is C27H25ClFNO4. The van der Waals surface area contributed by atoms with Crippen molar-refractivity contribution in [2.75, 3.05) is 13.1 Å². The Bertz CT molecular complexity index is 1230. The van der Waals surface area contributed by atoms with Crippen molar-refractivity contribution in [3.05, 3.63) is 99.8 Å². The van der Waals surface area contributed by atoms with E-state index in [-0.39, 0.29) is 18.3 Å². The van der Waals surface area contributed by atoms with Gasteiger partial charge in [0, 0.05) is 30.0 Å². The number of fused-ring (bicyclic) bond motifs is 1. The molecule has 176 valence electrons. The predicted octanol–water partition coefficient (Wildman–Crippen LogP) is 5.18. The Morgan fingerprint density at radius 3 is 2.65 bits per heavy atom. The number of aliphatic carboxylic acids is 1. The highest BCUT2D eigenvalue weighted by atomic mass is 35.5. The summed E-state index contributed by atoms with van der Waals surface area (Å²) in [6.45, 7) is 1.75. The topological polar surface area (TPSA) is 66.8 Å². The first-order valence-electron chi connectivity index (χ1n) is 11.0. The molecule has 0 saturated carbocycles. The molecule has 0 aromatic heterocycles. The zero-order valence-electron chi connectivity index (χ0n) is 18.8. The fourth-order valence-corrected chi connectivity index (χ4v) is 4.57. The van der Waals surface area contributed by atoms with Crippen molar-refractivity contribution in [2.24, 2.45) is 0 Å².